The predicted octanol–water partition coefficient (Wildman–Crippen LogP) is 1.91. The lowest BCUT2D eigenvalue weighted by Crippen LogP contribution is -2.27. The first-order valence-corrected chi connectivity index (χ1v) is 4.74. The highest BCUT2D eigenvalue weighted by atomic mass is 15.2. The molecule has 1 aromatic rings. The molecule has 1 aromatic carbocycles. The highest BCUT2D eigenvalue weighted by Gasteiger charge is 2.07. The van der Waals surface area contributed by atoms with Gasteiger partial charge in [-0.3, -0.25) is 11.3 Å². The van der Waals surface area contributed by atoms with Crippen molar-refractivity contribution < 1.29 is 0 Å². The SMILES string of the molecule is C#CCCC(NN)c1ccc(C)cc1. The van der Waals surface area contributed by atoms with E-state index in [2.05, 4.69) is 42.5 Å². The fraction of sp³-hybridized carbons (Fsp3) is 0.333. The van der Waals surface area contributed by atoms with E-state index < -0.39 is 0 Å². The maximum atomic E-state index is 5.47. The third-order valence-electron chi connectivity index (χ3n) is 2.26. The summed E-state index contributed by atoms with van der Waals surface area (Å²) in [5.74, 6) is 8.08. The molecule has 0 aliphatic rings. The van der Waals surface area contributed by atoms with Gasteiger partial charge >= 0.3 is 0 Å². The Kier molecular flexibility index (Phi) is 4.18. The normalized spacial score (nSPS) is 12.1. The molecule has 0 heterocycles. The van der Waals surface area contributed by atoms with Crippen LogP contribution in [0.1, 0.15) is 30.0 Å². The summed E-state index contributed by atoms with van der Waals surface area (Å²) < 4.78 is 0. The topological polar surface area (TPSA) is 38.0 Å². The van der Waals surface area contributed by atoms with Gasteiger partial charge in [0.25, 0.3) is 0 Å². The van der Waals surface area contributed by atoms with Gasteiger partial charge < -0.3 is 0 Å². The Labute approximate surface area is 85.5 Å². The Morgan fingerprint density at radius 3 is 2.57 bits per heavy atom. The molecule has 3 N–H and O–H groups in total. The van der Waals surface area contributed by atoms with E-state index in [4.69, 9.17) is 12.3 Å². The Morgan fingerprint density at radius 2 is 2.07 bits per heavy atom. The lowest BCUT2D eigenvalue weighted by atomic mass is 10.0. The Hall–Kier alpha value is -1.30. The zero-order valence-corrected chi connectivity index (χ0v) is 8.46. The summed E-state index contributed by atoms with van der Waals surface area (Å²) in [5.41, 5.74) is 5.22. The molecule has 0 bridgehead atoms. The van der Waals surface area contributed by atoms with Crippen molar-refractivity contribution in [3.05, 3.63) is 35.4 Å². The highest BCUT2D eigenvalue weighted by molar-refractivity contribution is 5.24. The largest absolute Gasteiger partial charge is 0.271 e. The van der Waals surface area contributed by atoms with E-state index in [1.807, 2.05) is 0 Å². The van der Waals surface area contributed by atoms with E-state index in [1.54, 1.807) is 0 Å². The zero-order chi connectivity index (χ0) is 10.4. The van der Waals surface area contributed by atoms with Gasteiger partial charge in [0, 0.05) is 12.5 Å². The Morgan fingerprint density at radius 1 is 1.43 bits per heavy atom. The zero-order valence-electron chi connectivity index (χ0n) is 8.46. The van der Waals surface area contributed by atoms with Crippen LogP contribution >= 0.6 is 0 Å². The van der Waals surface area contributed by atoms with Crippen molar-refractivity contribution in [2.24, 2.45) is 5.84 Å². The first-order valence-electron chi connectivity index (χ1n) is 4.74. The van der Waals surface area contributed by atoms with Crippen LogP contribution in [0.4, 0.5) is 0 Å². The van der Waals surface area contributed by atoms with Crippen LogP contribution in [-0.2, 0) is 0 Å². The standard InChI is InChI=1S/C12H16N2/c1-3-4-5-12(14-13)11-8-6-10(2)7-9-11/h1,6-9,12,14H,4-5,13H2,2H3. The van der Waals surface area contributed by atoms with Gasteiger partial charge in [0.2, 0.25) is 0 Å². The average molecular weight is 188 g/mol. The van der Waals surface area contributed by atoms with Gasteiger partial charge in [-0.25, -0.2) is 0 Å². The van der Waals surface area contributed by atoms with Gasteiger partial charge in [-0.2, -0.15) is 0 Å². The maximum Gasteiger partial charge on any atom is 0.0469 e. The smallest absolute Gasteiger partial charge is 0.0469 e. The van der Waals surface area contributed by atoms with Crippen molar-refractivity contribution in [1.29, 1.82) is 0 Å². The molecule has 0 fully saturated rings. The third kappa shape index (κ3) is 2.88. The minimum absolute atomic E-state index is 0.159. The number of nitrogens with two attached hydrogens (primary N) is 1. The second-order valence-corrected chi connectivity index (χ2v) is 3.37. The molecule has 0 saturated carbocycles. The number of terminal acetylenes is 1. The molecule has 14 heavy (non-hydrogen) atoms. The summed E-state index contributed by atoms with van der Waals surface area (Å²) in [4.78, 5) is 0. The summed E-state index contributed by atoms with van der Waals surface area (Å²) >= 11 is 0. The minimum atomic E-state index is 0.159. The molecule has 0 saturated heterocycles. The number of hydrazine groups is 1. The van der Waals surface area contributed by atoms with Crippen molar-refractivity contribution in [3.8, 4) is 12.3 Å². The highest BCUT2D eigenvalue weighted by Crippen LogP contribution is 2.17. The molecule has 1 rings (SSSR count). The summed E-state index contributed by atoms with van der Waals surface area (Å²) in [6.45, 7) is 2.07. The van der Waals surface area contributed by atoms with Crippen LogP contribution in [0, 0.1) is 19.3 Å². The Balaban J connectivity index is 2.69. The quantitative estimate of drug-likeness (QED) is 0.430. The first-order chi connectivity index (χ1) is 6.77. The van der Waals surface area contributed by atoms with E-state index in [0.717, 1.165) is 12.8 Å². The molecular weight excluding hydrogens is 172 g/mol. The van der Waals surface area contributed by atoms with E-state index >= 15 is 0 Å². The van der Waals surface area contributed by atoms with Gasteiger partial charge in [-0.15, -0.1) is 12.3 Å². The average Bonchev–Trinajstić information content (AvgIpc) is 2.21. The van der Waals surface area contributed by atoms with Gasteiger partial charge in [0.05, 0.1) is 0 Å². The van der Waals surface area contributed by atoms with Gasteiger partial charge in [0.15, 0.2) is 0 Å². The van der Waals surface area contributed by atoms with Crippen molar-refractivity contribution in [2.75, 3.05) is 0 Å². The van der Waals surface area contributed by atoms with Crippen molar-refractivity contribution in [1.82, 2.24) is 5.43 Å². The van der Waals surface area contributed by atoms with Crippen LogP contribution in [0.3, 0.4) is 0 Å². The number of benzene rings is 1. The lowest BCUT2D eigenvalue weighted by Gasteiger charge is -2.14. The Bertz CT molecular complexity index is 308. The van der Waals surface area contributed by atoms with Gasteiger partial charge in [-0.05, 0) is 18.9 Å². The van der Waals surface area contributed by atoms with Crippen LogP contribution in [0.15, 0.2) is 24.3 Å². The van der Waals surface area contributed by atoms with Crippen LogP contribution in [0.2, 0.25) is 0 Å². The number of hydrogen-bond donors (Lipinski definition) is 2. The van der Waals surface area contributed by atoms with Crippen LogP contribution in [0.25, 0.3) is 0 Å². The number of hydrogen-bond acceptors (Lipinski definition) is 2. The molecule has 0 spiro atoms. The predicted molar refractivity (Wildman–Crippen MR) is 59.3 cm³/mol. The fourth-order valence-electron chi connectivity index (χ4n) is 1.37. The summed E-state index contributed by atoms with van der Waals surface area (Å²) in [6, 6.07) is 8.48. The third-order valence-corrected chi connectivity index (χ3v) is 2.26. The van der Waals surface area contributed by atoms with Gasteiger partial charge in [-0.1, -0.05) is 29.8 Å². The van der Waals surface area contributed by atoms with E-state index in [9.17, 15) is 0 Å². The molecule has 1 unspecified atom stereocenters. The summed E-state index contributed by atoms with van der Waals surface area (Å²) in [5, 5.41) is 0. The number of nitrogens with one attached hydrogen (secondary N) is 1. The van der Waals surface area contributed by atoms with Crippen LogP contribution in [-0.4, -0.2) is 0 Å². The van der Waals surface area contributed by atoms with Crippen LogP contribution < -0.4 is 11.3 Å². The van der Waals surface area contributed by atoms with E-state index in [1.165, 1.54) is 11.1 Å². The molecule has 0 aliphatic carbocycles. The number of aryl methyl sites for hydroxylation is 1. The molecule has 74 valence electrons. The second-order valence-electron chi connectivity index (χ2n) is 3.37. The molecule has 0 aliphatic heterocycles. The second kappa shape index (κ2) is 5.43. The fourth-order valence-corrected chi connectivity index (χ4v) is 1.37. The van der Waals surface area contributed by atoms with Crippen molar-refractivity contribution in [2.45, 2.75) is 25.8 Å². The van der Waals surface area contributed by atoms with Gasteiger partial charge in [0.1, 0.15) is 0 Å². The van der Waals surface area contributed by atoms with E-state index in [-0.39, 0.29) is 6.04 Å². The molecule has 0 amide bonds. The van der Waals surface area contributed by atoms with Crippen molar-refractivity contribution in [3.63, 3.8) is 0 Å². The van der Waals surface area contributed by atoms with E-state index in [0.29, 0.717) is 0 Å². The molecule has 1 atom stereocenters. The lowest BCUT2D eigenvalue weighted by molar-refractivity contribution is 0.524. The van der Waals surface area contributed by atoms with Crippen molar-refractivity contribution >= 4 is 0 Å². The monoisotopic (exact) mass is 188 g/mol. The minimum Gasteiger partial charge on any atom is -0.271 e. The molecule has 0 aromatic heterocycles. The number of rotatable bonds is 4. The molecule has 2 nitrogen and oxygen atoms in total. The molecule has 0 radical (unpaired) electrons. The maximum absolute atomic E-state index is 5.47. The van der Waals surface area contributed by atoms with Crippen LogP contribution in [0.5, 0.6) is 0 Å². The molecular formula is C12H16N2. The summed E-state index contributed by atoms with van der Waals surface area (Å²) in [7, 11) is 0. The summed E-state index contributed by atoms with van der Waals surface area (Å²) in [6.07, 6.45) is 6.83. The first kappa shape index (κ1) is 10.8. The molecule has 2 heteroatoms.